The Bertz CT molecular complexity index is 1240. The molecule has 0 atom stereocenters. The predicted molar refractivity (Wildman–Crippen MR) is 105 cm³/mol. The van der Waals surface area contributed by atoms with E-state index in [-0.39, 0.29) is 33.3 Å². The minimum Gasteiger partial charge on any atom is -0.481 e. The van der Waals surface area contributed by atoms with E-state index in [0.717, 1.165) is 7.05 Å². The molecule has 156 valence electrons. The van der Waals surface area contributed by atoms with Crippen LogP contribution in [0.15, 0.2) is 45.9 Å². The molecule has 0 spiro atoms. The Morgan fingerprint density at radius 2 is 1.97 bits per heavy atom. The Morgan fingerprint density at radius 3 is 2.63 bits per heavy atom. The summed E-state index contributed by atoms with van der Waals surface area (Å²) in [4.78, 5) is 16.6. The fourth-order valence-corrected chi connectivity index (χ4v) is 3.65. The molecule has 2 heterocycles. The highest BCUT2D eigenvalue weighted by Gasteiger charge is 2.31. The summed E-state index contributed by atoms with van der Waals surface area (Å²) in [5.74, 6) is 4.85. The first kappa shape index (κ1) is 21.3. The van der Waals surface area contributed by atoms with Gasteiger partial charge in [-0.15, -0.1) is 11.1 Å². The third-order valence-electron chi connectivity index (χ3n) is 4.18. The minimum atomic E-state index is -4.23. The number of carbonyl (C=O) groups excluding carboxylic acids is 1. The van der Waals surface area contributed by atoms with Crippen molar-refractivity contribution in [3.8, 4) is 17.6 Å². The van der Waals surface area contributed by atoms with Crippen molar-refractivity contribution in [2.75, 3.05) is 13.7 Å². The highest BCUT2D eigenvalue weighted by molar-refractivity contribution is 7.89. The summed E-state index contributed by atoms with van der Waals surface area (Å²) < 4.78 is 36.4. The molecule has 0 fully saturated rings. The zero-order valence-corrected chi connectivity index (χ0v) is 17.2. The van der Waals surface area contributed by atoms with Gasteiger partial charge >= 0.3 is 0 Å². The van der Waals surface area contributed by atoms with Gasteiger partial charge in [0.15, 0.2) is 0 Å². The Hall–Kier alpha value is -3.46. The van der Waals surface area contributed by atoms with Gasteiger partial charge in [0.05, 0.1) is 21.5 Å². The Balaban J connectivity index is 1.85. The molecule has 0 radical (unpaired) electrons. The largest absolute Gasteiger partial charge is 0.481 e. The Labute approximate surface area is 172 Å². The lowest BCUT2D eigenvalue weighted by molar-refractivity contribution is -0.149. The average molecular weight is 430 g/mol. The number of aryl methyl sites for hydroxylation is 1. The fraction of sp³-hybridized carbons (Fsp3) is 0.211. The molecule has 0 unspecified atom stereocenters. The molecular formula is C19H18N4O6S. The van der Waals surface area contributed by atoms with E-state index in [1.807, 2.05) is 0 Å². The van der Waals surface area contributed by atoms with E-state index < -0.39 is 15.9 Å². The highest BCUT2D eigenvalue weighted by atomic mass is 32.2. The summed E-state index contributed by atoms with van der Waals surface area (Å²) in [5.41, 5.74) is 0.466. The van der Waals surface area contributed by atoms with Crippen LogP contribution in [0.5, 0.6) is 5.75 Å². The Kier molecular flexibility index (Phi) is 6.02. The number of pyridine rings is 1. The van der Waals surface area contributed by atoms with E-state index in [2.05, 4.69) is 22.0 Å². The first-order valence-corrected chi connectivity index (χ1v) is 10.1. The first-order valence-electron chi connectivity index (χ1n) is 8.63. The lowest BCUT2D eigenvalue weighted by Crippen LogP contribution is -2.45. The Morgan fingerprint density at radius 1 is 1.27 bits per heavy atom. The molecule has 0 aliphatic heterocycles. The number of benzene rings is 1. The number of rotatable bonds is 6. The number of hydrogen-bond donors (Lipinski definition) is 1. The van der Waals surface area contributed by atoms with Crippen LogP contribution in [0.25, 0.3) is 11.1 Å². The van der Waals surface area contributed by atoms with Crippen molar-refractivity contribution in [3.05, 3.63) is 47.8 Å². The van der Waals surface area contributed by atoms with Crippen LogP contribution < -0.4 is 4.74 Å². The van der Waals surface area contributed by atoms with Gasteiger partial charge < -0.3 is 9.26 Å². The molecule has 2 aromatic heterocycles. The number of carbonyl (C=O) groups is 1. The summed E-state index contributed by atoms with van der Waals surface area (Å²) in [6.45, 7) is 3.45. The summed E-state index contributed by atoms with van der Waals surface area (Å²) in [6.07, 6.45) is 1.30. The van der Waals surface area contributed by atoms with Crippen molar-refractivity contribution in [2.24, 2.45) is 0 Å². The molecule has 11 heteroatoms. The van der Waals surface area contributed by atoms with Crippen molar-refractivity contribution >= 4 is 27.0 Å². The normalized spacial score (nSPS) is 11.2. The van der Waals surface area contributed by atoms with E-state index in [1.54, 1.807) is 13.8 Å². The number of amides is 1. The zero-order chi connectivity index (χ0) is 21.9. The van der Waals surface area contributed by atoms with Crippen LogP contribution in [0.4, 0.5) is 0 Å². The monoisotopic (exact) mass is 430 g/mol. The lowest BCUT2D eigenvalue weighted by Gasteiger charge is -2.25. The molecule has 0 saturated heterocycles. The molecule has 30 heavy (non-hydrogen) atoms. The van der Waals surface area contributed by atoms with E-state index >= 15 is 0 Å². The number of hydrazine groups is 1. The highest BCUT2D eigenvalue weighted by Crippen LogP contribution is 2.24. The number of fused-ring (bicyclic) bond motifs is 1. The second-order valence-corrected chi connectivity index (χ2v) is 7.98. The maximum Gasteiger partial charge on any atom is 0.294 e. The van der Waals surface area contributed by atoms with E-state index in [4.69, 9.17) is 9.26 Å². The van der Waals surface area contributed by atoms with Crippen molar-refractivity contribution in [2.45, 2.75) is 18.7 Å². The van der Waals surface area contributed by atoms with Gasteiger partial charge in [-0.05, 0) is 44.2 Å². The SMILES string of the molecule is CC#CCOc1ccc(S(=O)(=O)N(C)N(O)C(=O)c2ccnc3onc(C)c23)cc1. The van der Waals surface area contributed by atoms with Gasteiger partial charge in [0.1, 0.15) is 12.4 Å². The minimum absolute atomic E-state index is 0.0101. The maximum absolute atomic E-state index is 12.8. The molecule has 0 aliphatic carbocycles. The standard InChI is InChI=1S/C19H18N4O6S/c1-4-5-12-28-14-6-8-15(9-7-14)30(26,27)22(3)23(25)19(24)16-10-11-20-18-17(16)13(2)21-29-18/h6-11,25H,12H2,1-3H3. The summed E-state index contributed by atoms with van der Waals surface area (Å²) in [7, 11) is -3.18. The van der Waals surface area contributed by atoms with Crippen LogP contribution >= 0.6 is 0 Å². The van der Waals surface area contributed by atoms with Crippen molar-refractivity contribution < 1.29 is 27.7 Å². The number of hydroxylamine groups is 1. The molecule has 1 amide bonds. The number of ether oxygens (including phenoxy) is 1. The third-order valence-corrected chi connectivity index (χ3v) is 5.90. The van der Waals surface area contributed by atoms with Crippen LogP contribution in [-0.2, 0) is 10.0 Å². The van der Waals surface area contributed by atoms with E-state index in [9.17, 15) is 18.4 Å². The van der Waals surface area contributed by atoms with Crippen LogP contribution in [0, 0.1) is 18.8 Å². The molecule has 1 aromatic carbocycles. The molecule has 10 nitrogen and oxygen atoms in total. The number of aromatic nitrogens is 2. The molecule has 3 rings (SSSR count). The van der Waals surface area contributed by atoms with Gasteiger partial charge in [0.25, 0.3) is 21.6 Å². The summed E-state index contributed by atoms with van der Waals surface area (Å²) in [6, 6.07) is 6.84. The fourth-order valence-electron chi connectivity index (χ4n) is 2.59. The van der Waals surface area contributed by atoms with Crippen molar-refractivity contribution in [1.29, 1.82) is 0 Å². The van der Waals surface area contributed by atoms with Gasteiger partial charge in [-0.3, -0.25) is 10.0 Å². The van der Waals surface area contributed by atoms with Gasteiger partial charge in [-0.25, -0.2) is 13.4 Å². The molecule has 0 bridgehead atoms. The van der Waals surface area contributed by atoms with E-state index in [1.165, 1.54) is 36.5 Å². The predicted octanol–water partition coefficient (Wildman–Crippen LogP) is 2.00. The maximum atomic E-state index is 12.8. The number of sulfonamides is 1. The topological polar surface area (TPSA) is 126 Å². The zero-order valence-electron chi connectivity index (χ0n) is 16.4. The van der Waals surface area contributed by atoms with Gasteiger partial charge in [-0.2, -0.15) is 0 Å². The first-order chi connectivity index (χ1) is 14.3. The van der Waals surface area contributed by atoms with Crippen molar-refractivity contribution in [3.63, 3.8) is 0 Å². The second kappa shape index (κ2) is 8.50. The van der Waals surface area contributed by atoms with Crippen LogP contribution in [0.2, 0.25) is 0 Å². The molecule has 1 N–H and O–H groups in total. The van der Waals surface area contributed by atoms with Gasteiger partial charge in [-0.1, -0.05) is 15.5 Å². The van der Waals surface area contributed by atoms with Crippen LogP contribution in [-0.4, -0.2) is 52.9 Å². The quantitative estimate of drug-likeness (QED) is 0.357. The average Bonchev–Trinajstić information content (AvgIpc) is 3.14. The van der Waals surface area contributed by atoms with Gasteiger partial charge in [0.2, 0.25) is 0 Å². The van der Waals surface area contributed by atoms with Crippen LogP contribution in [0.3, 0.4) is 0 Å². The van der Waals surface area contributed by atoms with E-state index in [0.29, 0.717) is 15.9 Å². The molecular weight excluding hydrogens is 412 g/mol. The molecule has 3 aromatic rings. The van der Waals surface area contributed by atoms with Crippen molar-refractivity contribution in [1.82, 2.24) is 19.7 Å². The third kappa shape index (κ3) is 3.97. The summed E-state index contributed by atoms with van der Waals surface area (Å²) >= 11 is 0. The molecule has 0 saturated carbocycles. The summed E-state index contributed by atoms with van der Waals surface area (Å²) in [5, 5.41) is 14.4. The molecule has 0 aliphatic rings. The number of nitrogens with zero attached hydrogens (tertiary/aromatic N) is 4. The smallest absolute Gasteiger partial charge is 0.294 e. The second-order valence-electron chi connectivity index (χ2n) is 6.03. The van der Waals surface area contributed by atoms with Crippen LogP contribution in [0.1, 0.15) is 23.0 Å². The van der Waals surface area contributed by atoms with Gasteiger partial charge in [0, 0.05) is 13.2 Å². The number of hydrogen-bond acceptors (Lipinski definition) is 8. The lowest BCUT2D eigenvalue weighted by atomic mass is 10.1.